The number of aromatic nitrogens is 2. The maximum Gasteiger partial charge on any atom is 0.251 e. The first kappa shape index (κ1) is 19.6. The van der Waals surface area contributed by atoms with E-state index in [0.717, 1.165) is 40.2 Å². The van der Waals surface area contributed by atoms with Crippen LogP contribution < -0.4 is 4.74 Å². The minimum Gasteiger partial charge on any atom is -0.497 e. The molecule has 6 heteroatoms. The molecule has 0 aliphatic carbocycles. The lowest BCUT2D eigenvalue weighted by Gasteiger charge is -2.30. The number of para-hydroxylation sites is 1. The Kier molecular flexibility index (Phi) is 4.87. The number of pyridine rings is 1. The van der Waals surface area contributed by atoms with Crippen LogP contribution in [0.15, 0.2) is 48.5 Å². The molecule has 31 heavy (non-hydrogen) atoms. The zero-order chi connectivity index (χ0) is 21.5. The summed E-state index contributed by atoms with van der Waals surface area (Å²) in [7, 11) is 1.66. The van der Waals surface area contributed by atoms with Crippen molar-refractivity contribution in [2.45, 2.75) is 32.4 Å². The van der Waals surface area contributed by atoms with Gasteiger partial charge in [-0.2, -0.15) is 0 Å². The van der Waals surface area contributed by atoms with Crippen LogP contribution in [0.5, 0.6) is 5.75 Å². The SMILES string of the molecule is COc1ccc(Cc2nc3c(c4c2[nH]c2ccccc24)CCN(C(=O)C(C)O)C3)cc1. The first-order valence-electron chi connectivity index (χ1n) is 10.6. The fourth-order valence-electron chi connectivity index (χ4n) is 4.53. The molecule has 0 radical (unpaired) electrons. The normalized spacial score (nSPS) is 14.6. The van der Waals surface area contributed by atoms with Crippen molar-refractivity contribution in [1.82, 2.24) is 14.9 Å². The van der Waals surface area contributed by atoms with Gasteiger partial charge in [0.05, 0.1) is 30.6 Å². The molecule has 1 atom stereocenters. The van der Waals surface area contributed by atoms with Crippen molar-refractivity contribution in [3.05, 3.63) is 71.0 Å². The third-order valence-electron chi connectivity index (χ3n) is 6.09. The van der Waals surface area contributed by atoms with Gasteiger partial charge < -0.3 is 19.7 Å². The van der Waals surface area contributed by atoms with E-state index in [1.54, 1.807) is 12.0 Å². The van der Waals surface area contributed by atoms with E-state index in [2.05, 4.69) is 35.3 Å². The van der Waals surface area contributed by atoms with Gasteiger partial charge >= 0.3 is 0 Å². The zero-order valence-corrected chi connectivity index (χ0v) is 17.7. The number of amides is 1. The number of aliphatic hydroxyl groups excluding tert-OH is 1. The second-order valence-electron chi connectivity index (χ2n) is 8.11. The van der Waals surface area contributed by atoms with Gasteiger partial charge in [0.25, 0.3) is 5.91 Å². The van der Waals surface area contributed by atoms with Crippen LogP contribution in [0.2, 0.25) is 0 Å². The van der Waals surface area contributed by atoms with E-state index >= 15 is 0 Å². The Morgan fingerprint density at radius 1 is 1.23 bits per heavy atom. The van der Waals surface area contributed by atoms with Gasteiger partial charge in [-0.1, -0.05) is 30.3 Å². The first-order chi connectivity index (χ1) is 15.0. The first-order valence-corrected chi connectivity index (χ1v) is 10.6. The number of nitrogens with zero attached hydrogens (tertiary/aromatic N) is 2. The van der Waals surface area contributed by atoms with E-state index in [4.69, 9.17) is 9.72 Å². The van der Waals surface area contributed by atoms with E-state index in [1.165, 1.54) is 23.3 Å². The lowest BCUT2D eigenvalue weighted by Crippen LogP contribution is -2.41. The molecule has 1 aliphatic heterocycles. The molecule has 0 saturated heterocycles. The van der Waals surface area contributed by atoms with Crippen molar-refractivity contribution in [2.75, 3.05) is 13.7 Å². The van der Waals surface area contributed by atoms with Crippen LogP contribution >= 0.6 is 0 Å². The highest BCUT2D eigenvalue weighted by molar-refractivity contribution is 6.10. The topological polar surface area (TPSA) is 78.5 Å². The average Bonchev–Trinajstić information content (AvgIpc) is 3.19. The van der Waals surface area contributed by atoms with E-state index < -0.39 is 6.10 Å². The average molecular weight is 415 g/mol. The Labute approximate surface area is 180 Å². The number of aromatic amines is 1. The van der Waals surface area contributed by atoms with Crippen LogP contribution in [-0.2, 0) is 24.2 Å². The monoisotopic (exact) mass is 415 g/mol. The van der Waals surface area contributed by atoms with Crippen molar-refractivity contribution in [3.63, 3.8) is 0 Å². The smallest absolute Gasteiger partial charge is 0.251 e. The third kappa shape index (κ3) is 3.43. The van der Waals surface area contributed by atoms with Crippen LogP contribution in [-0.4, -0.2) is 45.6 Å². The molecule has 2 N–H and O–H groups in total. The summed E-state index contributed by atoms with van der Waals surface area (Å²) >= 11 is 0. The lowest BCUT2D eigenvalue weighted by atomic mass is 9.96. The van der Waals surface area contributed by atoms with Gasteiger partial charge in [-0.25, -0.2) is 0 Å². The molecule has 6 nitrogen and oxygen atoms in total. The molecule has 3 heterocycles. The van der Waals surface area contributed by atoms with Gasteiger partial charge in [-0.05, 0) is 42.7 Å². The summed E-state index contributed by atoms with van der Waals surface area (Å²) in [5.74, 6) is 0.577. The molecule has 0 spiro atoms. The van der Waals surface area contributed by atoms with Crippen LogP contribution in [0.4, 0.5) is 0 Å². The number of carbonyl (C=O) groups excluding carboxylic acids is 1. The Hall–Kier alpha value is -3.38. The lowest BCUT2D eigenvalue weighted by molar-refractivity contribution is -0.140. The Morgan fingerprint density at radius 2 is 2.00 bits per heavy atom. The number of H-pyrrole nitrogens is 1. The highest BCUT2D eigenvalue weighted by Gasteiger charge is 2.27. The largest absolute Gasteiger partial charge is 0.497 e. The number of benzene rings is 2. The summed E-state index contributed by atoms with van der Waals surface area (Å²) in [4.78, 5) is 22.7. The molecular formula is C25H25N3O3. The van der Waals surface area contributed by atoms with Gasteiger partial charge in [-0.3, -0.25) is 9.78 Å². The number of hydrogen-bond acceptors (Lipinski definition) is 4. The number of methoxy groups -OCH3 is 1. The quantitative estimate of drug-likeness (QED) is 0.534. The van der Waals surface area contributed by atoms with Gasteiger partial charge in [0.15, 0.2) is 0 Å². The fraction of sp³-hybridized carbons (Fsp3) is 0.280. The van der Waals surface area contributed by atoms with E-state index in [1.807, 2.05) is 18.2 Å². The predicted molar refractivity (Wildman–Crippen MR) is 120 cm³/mol. The summed E-state index contributed by atoms with van der Waals surface area (Å²) in [6, 6.07) is 16.3. The van der Waals surface area contributed by atoms with Crippen LogP contribution in [0, 0.1) is 0 Å². The number of nitrogens with one attached hydrogen (secondary N) is 1. The zero-order valence-electron chi connectivity index (χ0n) is 17.7. The maximum atomic E-state index is 12.4. The summed E-state index contributed by atoms with van der Waals surface area (Å²) in [5, 5.41) is 12.2. The molecule has 1 unspecified atom stereocenters. The van der Waals surface area contributed by atoms with Crippen molar-refractivity contribution < 1.29 is 14.6 Å². The van der Waals surface area contributed by atoms with E-state index in [-0.39, 0.29) is 5.91 Å². The van der Waals surface area contributed by atoms with E-state index in [0.29, 0.717) is 19.5 Å². The Morgan fingerprint density at radius 3 is 2.74 bits per heavy atom. The molecule has 0 saturated carbocycles. The molecule has 2 aromatic carbocycles. The highest BCUT2D eigenvalue weighted by Crippen LogP contribution is 2.35. The fourth-order valence-corrected chi connectivity index (χ4v) is 4.53. The second-order valence-corrected chi connectivity index (χ2v) is 8.11. The van der Waals surface area contributed by atoms with Gasteiger partial charge in [0.2, 0.25) is 0 Å². The molecule has 1 aliphatic rings. The minimum absolute atomic E-state index is 0.247. The van der Waals surface area contributed by atoms with E-state index in [9.17, 15) is 9.90 Å². The molecule has 1 amide bonds. The van der Waals surface area contributed by atoms with Gasteiger partial charge in [0, 0.05) is 29.3 Å². The summed E-state index contributed by atoms with van der Waals surface area (Å²) in [6.07, 6.45) is 0.393. The molecular weight excluding hydrogens is 390 g/mol. The summed E-state index contributed by atoms with van der Waals surface area (Å²) < 4.78 is 5.28. The number of hydrogen-bond donors (Lipinski definition) is 2. The Balaban J connectivity index is 1.65. The molecule has 0 fully saturated rings. The van der Waals surface area contributed by atoms with Crippen molar-refractivity contribution in [2.24, 2.45) is 0 Å². The highest BCUT2D eigenvalue weighted by atomic mass is 16.5. The minimum atomic E-state index is -1.00. The number of carbonyl (C=O) groups is 1. The van der Waals surface area contributed by atoms with Crippen molar-refractivity contribution >= 4 is 27.7 Å². The predicted octanol–water partition coefficient (Wildman–Crippen LogP) is 3.58. The number of rotatable bonds is 4. The maximum absolute atomic E-state index is 12.4. The molecule has 5 rings (SSSR count). The van der Waals surface area contributed by atoms with Gasteiger partial charge in [0.1, 0.15) is 11.9 Å². The van der Waals surface area contributed by atoms with Crippen molar-refractivity contribution in [1.29, 1.82) is 0 Å². The summed E-state index contributed by atoms with van der Waals surface area (Å²) in [5.41, 5.74) is 6.36. The van der Waals surface area contributed by atoms with Crippen LogP contribution in [0.25, 0.3) is 21.8 Å². The van der Waals surface area contributed by atoms with Crippen LogP contribution in [0.1, 0.15) is 29.4 Å². The number of aliphatic hydroxyl groups is 1. The Bertz CT molecular complexity index is 1270. The number of fused-ring (bicyclic) bond motifs is 5. The third-order valence-corrected chi connectivity index (χ3v) is 6.09. The number of ether oxygens (including phenoxy) is 1. The molecule has 158 valence electrons. The molecule has 2 aromatic heterocycles. The standard InChI is InChI=1S/C25H25N3O3/c1-15(29)25(30)28-12-11-19-22(14-28)26-21(13-16-7-9-17(31-2)10-8-16)24-23(19)18-5-3-4-6-20(18)27-24/h3-10,15,27,29H,11-14H2,1-2H3. The van der Waals surface area contributed by atoms with Crippen LogP contribution in [0.3, 0.4) is 0 Å². The summed E-state index contributed by atoms with van der Waals surface area (Å²) in [6.45, 7) is 2.53. The molecule has 4 aromatic rings. The molecule has 0 bridgehead atoms. The van der Waals surface area contributed by atoms with Crippen molar-refractivity contribution in [3.8, 4) is 5.75 Å². The second kappa shape index (κ2) is 7.71. The van der Waals surface area contributed by atoms with Gasteiger partial charge in [-0.15, -0.1) is 0 Å².